The summed E-state index contributed by atoms with van der Waals surface area (Å²) < 4.78 is 38.9. The summed E-state index contributed by atoms with van der Waals surface area (Å²) >= 11 is 0. The van der Waals surface area contributed by atoms with Crippen LogP contribution in [0.15, 0.2) is 36.4 Å². The molecule has 0 unspecified atom stereocenters. The van der Waals surface area contributed by atoms with Gasteiger partial charge in [0.2, 0.25) is 0 Å². The van der Waals surface area contributed by atoms with Gasteiger partial charge in [-0.15, -0.1) is 0 Å². The highest BCUT2D eigenvalue weighted by Gasteiger charge is 2.46. The maximum atomic E-state index is 13.0. The van der Waals surface area contributed by atoms with Crippen LogP contribution in [-0.2, 0) is 0 Å². The second-order valence-corrected chi connectivity index (χ2v) is 6.07. The number of aliphatic hydroxyl groups is 1. The molecule has 0 spiro atoms. The predicted molar refractivity (Wildman–Crippen MR) is 85.7 cm³/mol. The van der Waals surface area contributed by atoms with Crippen molar-refractivity contribution in [1.29, 1.82) is 5.26 Å². The van der Waals surface area contributed by atoms with Crippen molar-refractivity contribution >= 4 is 16.5 Å². The fourth-order valence-corrected chi connectivity index (χ4v) is 3.37. The molecule has 1 aliphatic heterocycles. The first kappa shape index (κ1) is 16.6. The van der Waals surface area contributed by atoms with E-state index in [1.165, 1.54) is 0 Å². The molecule has 0 saturated carbocycles. The molecule has 2 aromatic carbocycles. The molecule has 0 aliphatic carbocycles. The van der Waals surface area contributed by atoms with Gasteiger partial charge in [-0.3, -0.25) is 0 Å². The Morgan fingerprint density at radius 2 is 2.00 bits per heavy atom. The molecule has 0 aromatic heterocycles. The van der Waals surface area contributed by atoms with Crippen LogP contribution in [-0.4, -0.2) is 30.0 Å². The molecule has 0 radical (unpaired) electrons. The zero-order chi connectivity index (χ0) is 17.3. The molecule has 126 valence electrons. The van der Waals surface area contributed by atoms with E-state index in [9.17, 15) is 18.3 Å². The Hall–Kier alpha value is -2.26. The van der Waals surface area contributed by atoms with Crippen molar-refractivity contribution in [2.75, 3.05) is 11.4 Å². The third-order valence-corrected chi connectivity index (χ3v) is 4.57. The lowest BCUT2D eigenvalue weighted by Crippen LogP contribution is -2.52. The van der Waals surface area contributed by atoms with Gasteiger partial charge >= 0.3 is 6.18 Å². The van der Waals surface area contributed by atoms with Gasteiger partial charge < -0.3 is 10.0 Å². The van der Waals surface area contributed by atoms with Crippen molar-refractivity contribution in [1.82, 2.24) is 0 Å². The zero-order valence-corrected chi connectivity index (χ0v) is 12.9. The number of fused-ring (bicyclic) bond motifs is 1. The minimum absolute atomic E-state index is 0.303. The third-order valence-electron chi connectivity index (χ3n) is 4.57. The first-order chi connectivity index (χ1) is 11.4. The predicted octanol–water partition coefficient (Wildman–Crippen LogP) is 3.99. The average Bonchev–Trinajstić information content (AvgIpc) is 2.59. The van der Waals surface area contributed by atoms with E-state index in [0.29, 0.717) is 30.6 Å². The fourth-order valence-electron chi connectivity index (χ4n) is 3.37. The highest BCUT2D eigenvalue weighted by molar-refractivity contribution is 5.90. The number of halogens is 3. The zero-order valence-electron chi connectivity index (χ0n) is 12.9. The van der Waals surface area contributed by atoms with E-state index in [2.05, 4.69) is 6.07 Å². The Bertz CT molecular complexity index is 782. The number of aliphatic hydroxyl groups excluding tert-OH is 1. The molecule has 2 atom stereocenters. The molecular weight excluding hydrogens is 317 g/mol. The smallest absolute Gasteiger partial charge is 0.382 e. The number of hydrogen-bond donors (Lipinski definition) is 1. The molecule has 1 N–H and O–H groups in total. The number of benzene rings is 2. The van der Waals surface area contributed by atoms with E-state index in [1.807, 2.05) is 6.07 Å². The van der Waals surface area contributed by atoms with Crippen molar-refractivity contribution in [3.05, 3.63) is 42.0 Å². The number of alkyl halides is 3. The SMILES string of the molecule is N#Cc1cccc2cc(N3CCCC[C@@H]3[C@@H](O)C(F)(F)F)ccc12. The molecule has 1 saturated heterocycles. The number of rotatable bonds is 2. The van der Waals surface area contributed by atoms with Gasteiger partial charge in [-0.25, -0.2) is 0 Å². The molecule has 3 rings (SSSR count). The molecule has 3 nitrogen and oxygen atoms in total. The van der Waals surface area contributed by atoms with Gasteiger partial charge in [-0.05, 0) is 48.2 Å². The van der Waals surface area contributed by atoms with Crippen molar-refractivity contribution in [3.8, 4) is 6.07 Å². The van der Waals surface area contributed by atoms with E-state index in [-0.39, 0.29) is 0 Å². The summed E-state index contributed by atoms with van der Waals surface area (Å²) in [4.78, 5) is 1.64. The molecule has 1 aliphatic rings. The molecule has 1 fully saturated rings. The van der Waals surface area contributed by atoms with Crippen LogP contribution in [0, 0.1) is 11.3 Å². The average molecular weight is 334 g/mol. The van der Waals surface area contributed by atoms with Crippen LogP contribution in [0.25, 0.3) is 10.8 Å². The lowest BCUT2D eigenvalue weighted by molar-refractivity contribution is -0.211. The van der Waals surface area contributed by atoms with Crippen LogP contribution in [0.2, 0.25) is 0 Å². The van der Waals surface area contributed by atoms with Crippen LogP contribution >= 0.6 is 0 Å². The molecule has 24 heavy (non-hydrogen) atoms. The molecule has 0 bridgehead atoms. The van der Waals surface area contributed by atoms with E-state index >= 15 is 0 Å². The Morgan fingerprint density at radius 3 is 2.71 bits per heavy atom. The summed E-state index contributed by atoms with van der Waals surface area (Å²) in [5.41, 5.74) is 1.18. The Morgan fingerprint density at radius 1 is 1.21 bits per heavy atom. The Labute approximate surface area is 137 Å². The summed E-state index contributed by atoms with van der Waals surface area (Å²) in [6.07, 6.45) is -5.24. The topological polar surface area (TPSA) is 47.3 Å². The van der Waals surface area contributed by atoms with Gasteiger partial charge in [-0.2, -0.15) is 18.4 Å². The standard InChI is InChI=1S/C18H17F3N2O/c19-18(20,21)17(24)16-6-1-2-9-23(16)14-7-8-15-12(10-14)4-3-5-13(15)11-22/h3-5,7-8,10,16-17,24H,1-2,6,9H2/t16-,17-/m1/s1. The molecule has 0 amide bonds. The molecule has 1 heterocycles. The van der Waals surface area contributed by atoms with Crippen LogP contribution < -0.4 is 4.90 Å². The Kier molecular flexibility index (Phi) is 4.37. The largest absolute Gasteiger partial charge is 0.416 e. The number of nitriles is 1. The van der Waals surface area contributed by atoms with Crippen LogP contribution in [0.5, 0.6) is 0 Å². The normalized spacial score (nSPS) is 20.0. The minimum Gasteiger partial charge on any atom is -0.382 e. The number of hydrogen-bond acceptors (Lipinski definition) is 3. The van der Waals surface area contributed by atoms with Crippen LogP contribution in [0.1, 0.15) is 24.8 Å². The van der Waals surface area contributed by atoms with Gasteiger partial charge in [0.25, 0.3) is 0 Å². The summed E-state index contributed by atoms with van der Waals surface area (Å²) in [6, 6.07) is 11.7. The Balaban J connectivity index is 1.99. The first-order valence-electron chi connectivity index (χ1n) is 7.86. The van der Waals surface area contributed by atoms with E-state index in [0.717, 1.165) is 17.2 Å². The number of nitrogens with zero attached hydrogens (tertiary/aromatic N) is 2. The van der Waals surface area contributed by atoms with Gasteiger partial charge in [-0.1, -0.05) is 18.2 Å². The lowest BCUT2D eigenvalue weighted by atomic mass is 9.95. The summed E-state index contributed by atoms with van der Waals surface area (Å²) in [5, 5.41) is 20.4. The lowest BCUT2D eigenvalue weighted by Gasteiger charge is -2.40. The second-order valence-electron chi connectivity index (χ2n) is 6.07. The van der Waals surface area contributed by atoms with E-state index < -0.39 is 18.3 Å². The second kappa shape index (κ2) is 6.33. The minimum atomic E-state index is -4.63. The van der Waals surface area contributed by atoms with E-state index in [1.54, 1.807) is 35.2 Å². The van der Waals surface area contributed by atoms with Gasteiger partial charge in [0.05, 0.1) is 17.7 Å². The molecule has 6 heteroatoms. The van der Waals surface area contributed by atoms with Crippen molar-refractivity contribution < 1.29 is 18.3 Å². The maximum absolute atomic E-state index is 13.0. The van der Waals surface area contributed by atoms with Crippen molar-refractivity contribution in [3.63, 3.8) is 0 Å². The number of anilines is 1. The van der Waals surface area contributed by atoms with Crippen LogP contribution in [0.3, 0.4) is 0 Å². The molecular formula is C18H17F3N2O. The maximum Gasteiger partial charge on any atom is 0.416 e. The van der Waals surface area contributed by atoms with Crippen molar-refractivity contribution in [2.24, 2.45) is 0 Å². The van der Waals surface area contributed by atoms with Crippen molar-refractivity contribution in [2.45, 2.75) is 37.6 Å². The van der Waals surface area contributed by atoms with E-state index in [4.69, 9.17) is 5.26 Å². The summed E-state index contributed by atoms with van der Waals surface area (Å²) in [5.74, 6) is 0. The quantitative estimate of drug-likeness (QED) is 0.903. The van der Waals surface area contributed by atoms with Crippen LogP contribution in [0.4, 0.5) is 18.9 Å². The van der Waals surface area contributed by atoms with Gasteiger partial charge in [0.1, 0.15) is 0 Å². The van der Waals surface area contributed by atoms with Gasteiger partial charge in [0, 0.05) is 12.2 Å². The molecule has 2 aromatic rings. The number of piperidine rings is 1. The summed E-state index contributed by atoms with van der Waals surface area (Å²) in [6.45, 7) is 0.473. The summed E-state index contributed by atoms with van der Waals surface area (Å²) in [7, 11) is 0. The fraction of sp³-hybridized carbons (Fsp3) is 0.389. The third kappa shape index (κ3) is 3.04. The highest BCUT2D eigenvalue weighted by Crippen LogP contribution is 2.34. The monoisotopic (exact) mass is 334 g/mol. The van der Waals surface area contributed by atoms with Gasteiger partial charge in [0.15, 0.2) is 6.10 Å². The highest BCUT2D eigenvalue weighted by atomic mass is 19.4. The first-order valence-corrected chi connectivity index (χ1v) is 7.86.